The molecule has 0 bridgehead atoms. The molecule has 7 heteroatoms. The second kappa shape index (κ2) is 5.23. The van der Waals surface area contributed by atoms with Gasteiger partial charge in [0.2, 0.25) is 0 Å². The summed E-state index contributed by atoms with van der Waals surface area (Å²) in [6, 6.07) is 4.27. The van der Waals surface area contributed by atoms with Gasteiger partial charge < -0.3 is 14.7 Å². The summed E-state index contributed by atoms with van der Waals surface area (Å²) in [5, 5.41) is 19.8. The lowest BCUT2D eigenvalue weighted by molar-refractivity contribution is -0.385. The first kappa shape index (κ1) is 13.3. The third-order valence-corrected chi connectivity index (χ3v) is 3.11. The highest BCUT2D eigenvalue weighted by molar-refractivity contribution is 5.93. The average Bonchev–Trinajstić information content (AvgIpc) is 2.38. The number of nitro benzene ring substituents is 1. The van der Waals surface area contributed by atoms with Crippen molar-refractivity contribution in [1.82, 2.24) is 0 Å². The lowest BCUT2D eigenvalue weighted by Crippen LogP contribution is -2.43. The van der Waals surface area contributed by atoms with Crippen molar-refractivity contribution in [2.45, 2.75) is 13.0 Å². The van der Waals surface area contributed by atoms with E-state index in [9.17, 15) is 14.9 Å². The molecule has 1 unspecified atom stereocenters. The fourth-order valence-electron chi connectivity index (χ4n) is 2.14. The van der Waals surface area contributed by atoms with E-state index in [4.69, 9.17) is 9.84 Å². The van der Waals surface area contributed by atoms with Gasteiger partial charge in [-0.3, -0.25) is 10.1 Å². The van der Waals surface area contributed by atoms with Gasteiger partial charge in [-0.1, -0.05) is 0 Å². The van der Waals surface area contributed by atoms with Crippen molar-refractivity contribution >= 4 is 17.3 Å². The number of ether oxygens (including phenoxy) is 1. The summed E-state index contributed by atoms with van der Waals surface area (Å²) in [7, 11) is 0. The quantitative estimate of drug-likeness (QED) is 0.658. The number of carboxylic acid groups (broad SMARTS) is 1. The Hall–Kier alpha value is -2.15. The molecule has 1 atom stereocenters. The van der Waals surface area contributed by atoms with Crippen LogP contribution in [0.5, 0.6) is 0 Å². The van der Waals surface area contributed by atoms with E-state index >= 15 is 0 Å². The van der Waals surface area contributed by atoms with Gasteiger partial charge in [0.25, 0.3) is 5.69 Å². The van der Waals surface area contributed by atoms with Gasteiger partial charge in [0.15, 0.2) is 0 Å². The lowest BCUT2D eigenvalue weighted by atomic mass is 10.1. The molecule has 1 aliphatic rings. The van der Waals surface area contributed by atoms with Crippen molar-refractivity contribution in [1.29, 1.82) is 0 Å². The van der Waals surface area contributed by atoms with Crippen LogP contribution in [0.25, 0.3) is 0 Å². The van der Waals surface area contributed by atoms with E-state index in [0.717, 1.165) is 0 Å². The van der Waals surface area contributed by atoms with Crippen LogP contribution >= 0.6 is 0 Å². The first-order chi connectivity index (χ1) is 9.00. The number of hydrogen-bond donors (Lipinski definition) is 1. The summed E-state index contributed by atoms with van der Waals surface area (Å²) in [6.45, 7) is 3.71. The predicted octanol–water partition coefficient (Wildman–Crippen LogP) is 1.52. The van der Waals surface area contributed by atoms with E-state index < -0.39 is 16.6 Å². The van der Waals surface area contributed by atoms with E-state index in [2.05, 4.69) is 0 Å². The Bertz CT molecular complexity index is 517. The van der Waals surface area contributed by atoms with E-state index in [0.29, 0.717) is 25.4 Å². The van der Waals surface area contributed by atoms with Crippen LogP contribution < -0.4 is 4.90 Å². The molecule has 1 heterocycles. The van der Waals surface area contributed by atoms with Gasteiger partial charge in [0.1, 0.15) is 5.56 Å². The minimum Gasteiger partial charge on any atom is -0.477 e. The number of anilines is 1. The van der Waals surface area contributed by atoms with Crippen molar-refractivity contribution < 1.29 is 19.6 Å². The van der Waals surface area contributed by atoms with Gasteiger partial charge in [-0.15, -0.1) is 0 Å². The Balaban J connectivity index is 2.40. The number of aromatic carboxylic acids is 1. The fraction of sp³-hybridized carbons (Fsp3) is 0.417. The topological polar surface area (TPSA) is 92.9 Å². The summed E-state index contributed by atoms with van der Waals surface area (Å²) >= 11 is 0. The third-order valence-electron chi connectivity index (χ3n) is 3.11. The van der Waals surface area contributed by atoms with Crippen molar-refractivity contribution in [3.63, 3.8) is 0 Å². The highest BCUT2D eigenvalue weighted by Crippen LogP contribution is 2.27. The normalized spacial score (nSPS) is 19.2. The van der Waals surface area contributed by atoms with Gasteiger partial charge in [0, 0.05) is 24.3 Å². The maximum absolute atomic E-state index is 11.1. The molecule has 0 aromatic heterocycles. The molecule has 0 spiro atoms. The van der Waals surface area contributed by atoms with Crippen molar-refractivity contribution in [2.75, 3.05) is 24.7 Å². The molecule has 0 aliphatic carbocycles. The number of nitro groups is 1. The van der Waals surface area contributed by atoms with Gasteiger partial charge in [-0.25, -0.2) is 4.79 Å². The minimum atomic E-state index is -1.30. The van der Waals surface area contributed by atoms with Gasteiger partial charge in [-0.05, 0) is 19.1 Å². The first-order valence-electron chi connectivity index (χ1n) is 5.87. The minimum absolute atomic E-state index is 0.108. The molecule has 0 saturated carbocycles. The van der Waals surface area contributed by atoms with Crippen LogP contribution in [0, 0.1) is 10.1 Å². The maximum atomic E-state index is 11.1. The van der Waals surface area contributed by atoms with E-state index in [-0.39, 0.29) is 11.6 Å². The fourth-order valence-corrected chi connectivity index (χ4v) is 2.14. The van der Waals surface area contributed by atoms with Gasteiger partial charge in [-0.2, -0.15) is 0 Å². The van der Waals surface area contributed by atoms with Crippen molar-refractivity contribution in [2.24, 2.45) is 0 Å². The van der Waals surface area contributed by atoms with Crippen LogP contribution in [0.4, 0.5) is 11.4 Å². The van der Waals surface area contributed by atoms with Crippen LogP contribution in [0.1, 0.15) is 17.3 Å². The van der Waals surface area contributed by atoms with E-state index in [1.54, 1.807) is 6.07 Å². The molecule has 1 saturated heterocycles. The second-order valence-electron chi connectivity index (χ2n) is 4.38. The molecular weight excluding hydrogens is 252 g/mol. The Kier molecular flexibility index (Phi) is 3.66. The number of morpholine rings is 1. The highest BCUT2D eigenvalue weighted by atomic mass is 16.6. The van der Waals surface area contributed by atoms with E-state index in [1.807, 2.05) is 11.8 Å². The average molecular weight is 266 g/mol. The number of carbonyl (C=O) groups is 1. The van der Waals surface area contributed by atoms with Crippen LogP contribution in [0.15, 0.2) is 18.2 Å². The van der Waals surface area contributed by atoms with Crippen LogP contribution in [0.3, 0.4) is 0 Å². The van der Waals surface area contributed by atoms with Gasteiger partial charge >= 0.3 is 5.97 Å². The molecule has 1 aliphatic heterocycles. The van der Waals surface area contributed by atoms with Crippen LogP contribution in [0.2, 0.25) is 0 Å². The molecule has 0 radical (unpaired) electrons. The summed E-state index contributed by atoms with van der Waals surface area (Å²) < 4.78 is 5.31. The number of benzene rings is 1. The van der Waals surface area contributed by atoms with Crippen LogP contribution in [-0.2, 0) is 4.74 Å². The molecule has 2 rings (SSSR count). The zero-order chi connectivity index (χ0) is 14.0. The maximum Gasteiger partial charge on any atom is 0.342 e. The Morgan fingerprint density at radius 3 is 2.89 bits per heavy atom. The van der Waals surface area contributed by atoms with Crippen LogP contribution in [-0.4, -0.2) is 41.8 Å². The highest BCUT2D eigenvalue weighted by Gasteiger charge is 2.24. The Morgan fingerprint density at radius 1 is 1.58 bits per heavy atom. The molecule has 0 amide bonds. The summed E-state index contributed by atoms with van der Waals surface area (Å²) in [6.07, 6.45) is 0. The predicted molar refractivity (Wildman–Crippen MR) is 67.7 cm³/mol. The zero-order valence-corrected chi connectivity index (χ0v) is 10.4. The summed E-state index contributed by atoms with van der Waals surface area (Å²) in [4.78, 5) is 23.2. The number of hydrogen-bond acceptors (Lipinski definition) is 5. The van der Waals surface area contributed by atoms with Crippen molar-refractivity contribution in [3.05, 3.63) is 33.9 Å². The molecule has 1 aromatic rings. The summed E-state index contributed by atoms with van der Waals surface area (Å²) in [5.74, 6) is -1.30. The molecule has 7 nitrogen and oxygen atoms in total. The third kappa shape index (κ3) is 2.65. The molecule has 19 heavy (non-hydrogen) atoms. The number of nitrogens with zero attached hydrogens (tertiary/aromatic N) is 2. The molecular formula is C12H14N2O5. The standard InChI is InChI=1S/C12H14N2O5/c1-8-7-19-5-4-13(8)9-2-3-11(14(17)18)10(6-9)12(15)16/h2-3,6,8H,4-5,7H2,1H3,(H,15,16). The molecule has 1 aromatic carbocycles. The van der Waals surface area contributed by atoms with E-state index in [1.165, 1.54) is 12.1 Å². The number of rotatable bonds is 3. The van der Waals surface area contributed by atoms with Crippen molar-refractivity contribution in [3.8, 4) is 0 Å². The van der Waals surface area contributed by atoms with Gasteiger partial charge in [0.05, 0.1) is 18.1 Å². The lowest BCUT2D eigenvalue weighted by Gasteiger charge is -2.35. The second-order valence-corrected chi connectivity index (χ2v) is 4.38. The smallest absolute Gasteiger partial charge is 0.342 e. The number of carboxylic acids is 1. The molecule has 102 valence electrons. The molecule has 1 fully saturated rings. The first-order valence-corrected chi connectivity index (χ1v) is 5.87. The largest absolute Gasteiger partial charge is 0.477 e. The SMILES string of the molecule is CC1COCCN1c1ccc([N+](=O)[O-])c(C(=O)O)c1. The summed E-state index contributed by atoms with van der Waals surface area (Å²) in [5.41, 5.74) is -0.0165. The monoisotopic (exact) mass is 266 g/mol. The molecule has 1 N–H and O–H groups in total. The Labute approximate surface area is 109 Å². The Morgan fingerprint density at radius 2 is 2.32 bits per heavy atom. The zero-order valence-electron chi connectivity index (χ0n) is 10.4.